The van der Waals surface area contributed by atoms with E-state index >= 15 is 0 Å². The highest BCUT2D eigenvalue weighted by atomic mass is 16.6. The number of nitrogens with zero attached hydrogens (tertiary/aromatic N) is 3. The van der Waals surface area contributed by atoms with Crippen molar-refractivity contribution in [3.63, 3.8) is 0 Å². The highest BCUT2D eigenvalue weighted by Crippen LogP contribution is 2.59. The molecule has 1 spiro atoms. The minimum absolute atomic E-state index is 0.0619. The van der Waals surface area contributed by atoms with Gasteiger partial charge in [-0.1, -0.05) is 61.7 Å². The van der Waals surface area contributed by atoms with E-state index in [1.54, 1.807) is 29.0 Å². The molecule has 0 unspecified atom stereocenters. The van der Waals surface area contributed by atoms with Crippen molar-refractivity contribution in [2.24, 2.45) is 11.8 Å². The Morgan fingerprint density at radius 1 is 1.08 bits per heavy atom. The summed E-state index contributed by atoms with van der Waals surface area (Å²) in [5, 5.41) is 9.39. The van der Waals surface area contributed by atoms with E-state index in [1.165, 1.54) is 0 Å². The number of esters is 1. The molecular weight excluding hydrogens is 622 g/mol. The first-order valence-corrected chi connectivity index (χ1v) is 18.3. The predicted octanol–water partition coefficient (Wildman–Crippen LogP) is 4.97. The van der Waals surface area contributed by atoms with Crippen molar-refractivity contribution < 1.29 is 33.8 Å². The van der Waals surface area contributed by atoms with Crippen LogP contribution in [0, 0.1) is 11.8 Å². The van der Waals surface area contributed by atoms with E-state index < -0.39 is 47.7 Å². The van der Waals surface area contributed by atoms with E-state index in [2.05, 4.69) is 13.2 Å². The lowest BCUT2D eigenvalue weighted by Gasteiger charge is -2.40. The molecule has 4 aliphatic rings. The van der Waals surface area contributed by atoms with E-state index in [1.807, 2.05) is 42.2 Å². The van der Waals surface area contributed by atoms with Gasteiger partial charge in [-0.25, -0.2) is 0 Å². The quantitative estimate of drug-likeness (QED) is 0.141. The van der Waals surface area contributed by atoms with Crippen LogP contribution in [-0.4, -0.2) is 100 Å². The molecule has 5 rings (SSSR count). The molecule has 3 saturated heterocycles. The molecule has 3 amide bonds. The number of aliphatic hydroxyl groups is 1. The van der Waals surface area contributed by atoms with Crippen molar-refractivity contribution in [1.29, 1.82) is 0 Å². The van der Waals surface area contributed by atoms with Crippen LogP contribution in [0.2, 0.25) is 0 Å². The van der Waals surface area contributed by atoms with E-state index in [4.69, 9.17) is 9.47 Å². The van der Waals surface area contributed by atoms with Crippen LogP contribution < -0.4 is 0 Å². The monoisotopic (exact) mass is 677 g/mol. The number of likely N-dealkylation sites (N-methyl/N-ethyl adjacent to an activating group) is 1. The van der Waals surface area contributed by atoms with Crippen molar-refractivity contribution in [2.45, 2.75) is 120 Å². The average Bonchev–Trinajstić information content (AvgIpc) is 3.77. The first-order valence-electron chi connectivity index (χ1n) is 18.3. The summed E-state index contributed by atoms with van der Waals surface area (Å²) in [5.41, 5.74) is -0.381. The summed E-state index contributed by atoms with van der Waals surface area (Å²) in [6.45, 7) is 10.3. The number of carbonyl (C=O) groups is 4. The second kappa shape index (κ2) is 16.5. The Balaban J connectivity index is 1.45. The number of unbranched alkanes of at least 4 members (excludes halogenated alkanes) is 2. The van der Waals surface area contributed by atoms with Crippen LogP contribution in [0.3, 0.4) is 0 Å². The van der Waals surface area contributed by atoms with E-state index in [-0.39, 0.29) is 30.4 Å². The average molecular weight is 678 g/mol. The molecule has 268 valence electrons. The maximum Gasteiger partial charge on any atom is 0.313 e. The third kappa shape index (κ3) is 7.36. The molecule has 0 aromatic heterocycles. The standard InChI is InChI=1S/C39H55N3O7/c1-5-7-21-31(44)40(4)27(3)34(28-17-11-8-12-18-28)48-38(47)32-30-22-23-39(49-30)33(32)36(45)42(25-15-10-16-26-43)35(39)37(46)41(24-6-2)29-19-13-9-14-20-29/h5-6,8,11-12,17-18,27,29-30,32-35,43H,1-2,7,9-10,13-16,19-26H2,3-4H3/t27-,30+,32-,33-,34+,35+,39-/m1/s1. The fraction of sp³-hybridized carbons (Fsp3) is 0.641. The van der Waals surface area contributed by atoms with E-state index in [0.717, 1.165) is 37.7 Å². The number of aliphatic hydroxyl groups excluding tert-OH is 1. The lowest BCUT2D eigenvalue weighted by molar-refractivity contribution is -0.164. The van der Waals surface area contributed by atoms with Gasteiger partial charge < -0.3 is 29.3 Å². The zero-order valence-electron chi connectivity index (χ0n) is 29.3. The topological polar surface area (TPSA) is 117 Å². The maximum atomic E-state index is 14.8. The molecule has 0 radical (unpaired) electrons. The number of fused-ring (bicyclic) bond motifs is 1. The van der Waals surface area contributed by atoms with Crippen LogP contribution >= 0.6 is 0 Å². The Labute approximate surface area is 291 Å². The Bertz CT molecular complexity index is 1350. The van der Waals surface area contributed by atoms with Gasteiger partial charge in [0.15, 0.2) is 0 Å². The van der Waals surface area contributed by atoms with Crippen LogP contribution in [-0.2, 0) is 28.7 Å². The molecule has 4 fully saturated rings. The SMILES string of the molecule is C=CCCC(=O)N(C)[C@H](C)[C@H](OC(=O)[C@@H]1[C@@H]2CC[C@]3(O2)[C@H](C(=O)N(CC=C)C2CCCCC2)N(CCCCCO)C(=O)[C@@H]13)c1ccccc1. The summed E-state index contributed by atoms with van der Waals surface area (Å²) in [5.74, 6) is -2.72. The number of ether oxygens (including phenoxy) is 2. The molecule has 10 nitrogen and oxygen atoms in total. The van der Waals surface area contributed by atoms with Crippen molar-refractivity contribution in [3.05, 3.63) is 61.2 Å². The second-order valence-corrected chi connectivity index (χ2v) is 14.3. The van der Waals surface area contributed by atoms with Gasteiger partial charge in [0.05, 0.1) is 24.0 Å². The predicted molar refractivity (Wildman–Crippen MR) is 186 cm³/mol. The van der Waals surface area contributed by atoms with Gasteiger partial charge >= 0.3 is 5.97 Å². The third-order valence-electron chi connectivity index (χ3n) is 11.4. The summed E-state index contributed by atoms with van der Waals surface area (Å²) in [6, 6.07) is 8.09. The molecule has 3 heterocycles. The summed E-state index contributed by atoms with van der Waals surface area (Å²) >= 11 is 0. The zero-order chi connectivity index (χ0) is 35.1. The Hall–Kier alpha value is -3.50. The molecule has 1 aliphatic carbocycles. The molecule has 1 N–H and O–H groups in total. The molecule has 10 heteroatoms. The molecule has 1 aromatic carbocycles. The highest BCUT2D eigenvalue weighted by molar-refractivity contribution is 5.98. The Morgan fingerprint density at radius 2 is 1.82 bits per heavy atom. The van der Waals surface area contributed by atoms with Gasteiger partial charge in [0, 0.05) is 39.2 Å². The van der Waals surface area contributed by atoms with Crippen molar-refractivity contribution in [1.82, 2.24) is 14.7 Å². The van der Waals surface area contributed by atoms with Gasteiger partial charge in [-0.2, -0.15) is 0 Å². The number of likely N-dealkylation sites (tertiary alicyclic amines) is 1. The Kier molecular flexibility index (Phi) is 12.4. The van der Waals surface area contributed by atoms with Gasteiger partial charge in [0.1, 0.15) is 17.7 Å². The van der Waals surface area contributed by atoms with Gasteiger partial charge in [0.2, 0.25) is 17.7 Å². The number of amides is 3. The highest BCUT2D eigenvalue weighted by Gasteiger charge is 2.75. The first-order chi connectivity index (χ1) is 23.7. The van der Waals surface area contributed by atoms with Crippen LogP contribution in [0.1, 0.15) is 95.6 Å². The van der Waals surface area contributed by atoms with Crippen molar-refractivity contribution >= 4 is 23.7 Å². The van der Waals surface area contributed by atoms with Gasteiger partial charge in [-0.05, 0) is 63.9 Å². The van der Waals surface area contributed by atoms with Crippen LogP contribution in [0.15, 0.2) is 55.6 Å². The lowest BCUT2D eigenvalue weighted by Crippen LogP contribution is -2.58. The number of allylic oxidation sites excluding steroid dienone is 1. The smallest absolute Gasteiger partial charge is 0.313 e. The summed E-state index contributed by atoms with van der Waals surface area (Å²) in [6.07, 6.45) is 11.0. The van der Waals surface area contributed by atoms with Gasteiger partial charge in [0.25, 0.3) is 0 Å². The fourth-order valence-corrected chi connectivity index (χ4v) is 8.74. The van der Waals surface area contributed by atoms with Crippen LogP contribution in [0.25, 0.3) is 0 Å². The largest absolute Gasteiger partial charge is 0.455 e. The minimum atomic E-state index is -1.13. The van der Waals surface area contributed by atoms with Crippen molar-refractivity contribution in [2.75, 3.05) is 26.7 Å². The normalized spacial score (nSPS) is 27.3. The van der Waals surface area contributed by atoms with E-state index in [0.29, 0.717) is 58.0 Å². The second-order valence-electron chi connectivity index (χ2n) is 14.3. The number of benzene rings is 1. The molecular formula is C39H55N3O7. The van der Waals surface area contributed by atoms with Crippen LogP contribution in [0.5, 0.6) is 0 Å². The maximum absolute atomic E-state index is 14.8. The molecule has 1 saturated carbocycles. The third-order valence-corrected chi connectivity index (χ3v) is 11.4. The minimum Gasteiger partial charge on any atom is -0.455 e. The number of hydrogen-bond acceptors (Lipinski definition) is 7. The molecule has 3 aliphatic heterocycles. The number of carbonyl (C=O) groups excluding carboxylic acids is 4. The summed E-state index contributed by atoms with van der Waals surface area (Å²) in [4.78, 5) is 61.9. The number of hydrogen-bond donors (Lipinski definition) is 1. The molecule has 7 atom stereocenters. The summed E-state index contributed by atoms with van der Waals surface area (Å²) < 4.78 is 13.1. The Morgan fingerprint density at radius 3 is 2.49 bits per heavy atom. The molecule has 2 bridgehead atoms. The summed E-state index contributed by atoms with van der Waals surface area (Å²) in [7, 11) is 1.71. The fourth-order valence-electron chi connectivity index (χ4n) is 8.74. The van der Waals surface area contributed by atoms with Gasteiger partial charge in [-0.3, -0.25) is 19.2 Å². The number of rotatable bonds is 17. The molecule has 49 heavy (non-hydrogen) atoms. The van der Waals surface area contributed by atoms with Crippen LogP contribution in [0.4, 0.5) is 0 Å². The zero-order valence-corrected chi connectivity index (χ0v) is 29.3. The van der Waals surface area contributed by atoms with Gasteiger partial charge in [-0.15, -0.1) is 13.2 Å². The lowest BCUT2D eigenvalue weighted by atomic mass is 9.70. The molecule has 1 aromatic rings. The first kappa shape index (κ1) is 36.8. The van der Waals surface area contributed by atoms with E-state index in [9.17, 15) is 24.3 Å². The van der Waals surface area contributed by atoms with Crippen molar-refractivity contribution in [3.8, 4) is 0 Å².